The normalized spacial score (nSPS) is 10.1. The number of hydrogen-bond acceptors (Lipinski definition) is 2. The maximum Gasteiger partial charge on any atom is 0.252 e. The minimum Gasteiger partial charge on any atom is -0.343 e. The summed E-state index contributed by atoms with van der Waals surface area (Å²) >= 11 is 2.10. The SMILES string of the molecule is Cc1ccc(NC(=O)CNC(=O)c2ccccc2I)cc1C. The van der Waals surface area contributed by atoms with Crippen LogP contribution in [0.1, 0.15) is 21.5 Å². The minimum atomic E-state index is -0.250. The molecule has 0 atom stereocenters. The van der Waals surface area contributed by atoms with E-state index in [-0.39, 0.29) is 18.4 Å². The number of hydrogen-bond donors (Lipinski definition) is 2. The molecule has 0 spiro atoms. The van der Waals surface area contributed by atoms with E-state index < -0.39 is 0 Å². The van der Waals surface area contributed by atoms with E-state index in [4.69, 9.17) is 0 Å². The van der Waals surface area contributed by atoms with E-state index in [0.29, 0.717) is 5.56 Å². The lowest BCUT2D eigenvalue weighted by atomic mass is 10.1. The lowest BCUT2D eigenvalue weighted by Crippen LogP contribution is -2.33. The van der Waals surface area contributed by atoms with Crippen LogP contribution in [0.25, 0.3) is 0 Å². The van der Waals surface area contributed by atoms with Crippen molar-refractivity contribution in [3.8, 4) is 0 Å². The molecular formula is C17H17IN2O2. The van der Waals surface area contributed by atoms with Crippen LogP contribution in [-0.2, 0) is 4.79 Å². The van der Waals surface area contributed by atoms with Crippen molar-refractivity contribution in [2.45, 2.75) is 13.8 Å². The first-order valence-corrected chi connectivity index (χ1v) is 7.95. The van der Waals surface area contributed by atoms with Crippen LogP contribution in [0.2, 0.25) is 0 Å². The predicted octanol–water partition coefficient (Wildman–Crippen LogP) is 3.28. The highest BCUT2D eigenvalue weighted by atomic mass is 127. The van der Waals surface area contributed by atoms with Crippen LogP contribution in [0.3, 0.4) is 0 Å². The van der Waals surface area contributed by atoms with Gasteiger partial charge in [0.05, 0.1) is 12.1 Å². The van der Waals surface area contributed by atoms with Gasteiger partial charge in [-0.2, -0.15) is 0 Å². The van der Waals surface area contributed by atoms with Crippen molar-refractivity contribution < 1.29 is 9.59 Å². The highest BCUT2D eigenvalue weighted by Gasteiger charge is 2.10. The highest BCUT2D eigenvalue weighted by Crippen LogP contribution is 2.14. The zero-order valence-electron chi connectivity index (χ0n) is 12.4. The number of carbonyl (C=O) groups excluding carboxylic acids is 2. The van der Waals surface area contributed by atoms with Gasteiger partial charge < -0.3 is 10.6 Å². The molecule has 2 N–H and O–H groups in total. The summed E-state index contributed by atoms with van der Waals surface area (Å²) in [5.41, 5.74) is 3.59. The summed E-state index contributed by atoms with van der Waals surface area (Å²) in [5, 5.41) is 5.41. The Morgan fingerprint density at radius 2 is 1.77 bits per heavy atom. The monoisotopic (exact) mass is 408 g/mol. The van der Waals surface area contributed by atoms with Gasteiger partial charge in [0.15, 0.2) is 0 Å². The Morgan fingerprint density at radius 3 is 2.45 bits per heavy atom. The fraction of sp³-hybridized carbons (Fsp3) is 0.176. The van der Waals surface area contributed by atoms with Gasteiger partial charge in [-0.3, -0.25) is 9.59 Å². The molecule has 2 aromatic carbocycles. The fourth-order valence-electron chi connectivity index (χ4n) is 1.93. The second kappa shape index (κ2) is 7.40. The van der Waals surface area contributed by atoms with Gasteiger partial charge in [-0.15, -0.1) is 0 Å². The second-order valence-corrected chi connectivity index (χ2v) is 6.17. The third-order valence-electron chi connectivity index (χ3n) is 3.32. The number of aryl methyl sites for hydroxylation is 2. The van der Waals surface area contributed by atoms with Crippen LogP contribution in [0.4, 0.5) is 5.69 Å². The molecule has 0 bridgehead atoms. The zero-order valence-corrected chi connectivity index (χ0v) is 14.6. The quantitative estimate of drug-likeness (QED) is 0.764. The summed E-state index contributed by atoms with van der Waals surface area (Å²) in [6.45, 7) is 3.95. The molecule has 2 amide bonds. The summed E-state index contributed by atoms with van der Waals surface area (Å²) in [7, 11) is 0. The number of anilines is 1. The zero-order chi connectivity index (χ0) is 16.1. The Kier molecular flexibility index (Phi) is 5.54. The van der Waals surface area contributed by atoms with Gasteiger partial charge in [0.1, 0.15) is 0 Å². The molecule has 5 heteroatoms. The first kappa shape index (κ1) is 16.5. The third-order valence-corrected chi connectivity index (χ3v) is 4.26. The molecule has 0 aromatic heterocycles. The summed E-state index contributed by atoms with van der Waals surface area (Å²) in [4.78, 5) is 23.9. The van der Waals surface area contributed by atoms with Crippen LogP contribution in [0, 0.1) is 17.4 Å². The van der Waals surface area contributed by atoms with Gasteiger partial charge in [0.2, 0.25) is 5.91 Å². The minimum absolute atomic E-state index is 0.0588. The number of carbonyl (C=O) groups is 2. The summed E-state index contributed by atoms with van der Waals surface area (Å²) in [5.74, 6) is -0.497. The Bertz CT molecular complexity index is 714. The Morgan fingerprint density at radius 1 is 1.05 bits per heavy atom. The molecule has 0 saturated heterocycles. The average molecular weight is 408 g/mol. The van der Waals surface area contributed by atoms with Crippen molar-refractivity contribution >= 4 is 40.1 Å². The van der Waals surface area contributed by atoms with Gasteiger partial charge in [-0.25, -0.2) is 0 Å². The molecule has 0 unspecified atom stereocenters. The predicted molar refractivity (Wildman–Crippen MR) is 96.0 cm³/mol. The van der Waals surface area contributed by atoms with Crippen LogP contribution in [0.5, 0.6) is 0 Å². The van der Waals surface area contributed by atoms with Gasteiger partial charge >= 0.3 is 0 Å². The smallest absolute Gasteiger partial charge is 0.252 e. The standard InChI is InChI=1S/C17H17IN2O2/c1-11-7-8-13(9-12(11)2)20-16(21)10-19-17(22)14-5-3-4-6-15(14)18/h3-9H,10H2,1-2H3,(H,19,22)(H,20,21). The van der Waals surface area contributed by atoms with Gasteiger partial charge in [-0.05, 0) is 71.8 Å². The number of nitrogens with one attached hydrogen (secondary N) is 2. The van der Waals surface area contributed by atoms with E-state index in [0.717, 1.165) is 14.8 Å². The Hall–Kier alpha value is -1.89. The number of halogens is 1. The molecule has 0 aliphatic rings. The molecule has 2 rings (SSSR count). The van der Waals surface area contributed by atoms with Crippen molar-refractivity contribution in [3.05, 3.63) is 62.7 Å². The first-order chi connectivity index (χ1) is 10.5. The van der Waals surface area contributed by atoms with Gasteiger partial charge in [0, 0.05) is 9.26 Å². The second-order valence-electron chi connectivity index (χ2n) is 5.01. The Labute approximate surface area is 143 Å². The molecular weight excluding hydrogens is 391 g/mol. The Balaban J connectivity index is 1.91. The first-order valence-electron chi connectivity index (χ1n) is 6.87. The van der Waals surface area contributed by atoms with Gasteiger partial charge in [-0.1, -0.05) is 18.2 Å². The summed E-state index contributed by atoms with van der Waals surface area (Å²) < 4.78 is 0.854. The molecule has 4 nitrogen and oxygen atoms in total. The molecule has 0 heterocycles. The number of rotatable bonds is 4. The van der Waals surface area contributed by atoms with Crippen LogP contribution < -0.4 is 10.6 Å². The molecule has 0 radical (unpaired) electrons. The lowest BCUT2D eigenvalue weighted by Gasteiger charge is -2.09. The summed E-state index contributed by atoms with van der Waals surface area (Å²) in [6.07, 6.45) is 0. The molecule has 0 saturated carbocycles. The molecule has 0 aliphatic carbocycles. The van der Waals surface area contributed by atoms with Crippen molar-refractivity contribution in [3.63, 3.8) is 0 Å². The molecule has 0 aliphatic heterocycles. The third kappa shape index (κ3) is 4.30. The van der Waals surface area contributed by atoms with Crippen molar-refractivity contribution in [1.82, 2.24) is 5.32 Å². The summed E-state index contributed by atoms with van der Waals surface area (Å²) in [6, 6.07) is 13.0. The highest BCUT2D eigenvalue weighted by molar-refractivity contribution is 14.1. The van der Waals surface area contributed by atoms with E-state index in [1.807, 2.05) is 44.2 Å². The van der Waals surface area contributed by atoms with Crippen molar-refractivity contribution in [2.24, 2.45) is 0 Å². The molecule has 22 heavy (non-hydrogen) atoms. The van der Waals surface area contributed by atoms with Gasteiger partial charge in [0.25, 0.3) is 5.91 Å². The topological polar surface area (TPSA) is 58.2 Å². The largest absolute Gasteiger partial charge is 0.343 e. The van der Waals surface area contributed by atoms with E-state index in [2.05, 4.69) is 33.2 Å². The molecule has 0 fully saturated rings. The van der Waals surface area contributed by atoms with E-state index in [1.165, 1.54) is 5.56 Å². The van der Waals surface area contributed by atoms with Crippen LogP contribution >= 0.6 is 22.6 Å². The average Bonchev–Trinajstić information content (AvgIpc) is 2.49. The molecule has 114 valence electrons. The van der Waals surface area contributed by atoms with Crippen LogP contribution in [-0.4, -0.2) is 18.4 Å². The van der Waals surface area contributed by atoms with Crippen LogP contribution in [0.15, 0.2) is 42.5 Å². The van der Waals surface area contributed by atoms with E-state index in [9.17, 15) is 9.59 Å². The van der Waals surface area contributed by atoms with Crippen molar-refractivity contribution in [2.75, 3.05) is 11.9 Å². The maximum atomic E-state index is 12.0. The van der Waals surface area contributed by atoms with E-state index >= 15 is 0 Å². The maximum absolute atomic E-state index is 12.0. The molecule has 2 aromatic rings. The number of benzene rings is 2. The lowest BCUT2D eigenvalue weighted by molar-refractivity contribution is -0.115. The van der Waals surface area contributed by atoms with Crippen molar-refractivity contribution in [1.29, 1.82) is 0 Å². The van der Waals surface area contributed by atoms with E-state index in [1.54, 1.807) is 12.1 Å². The fourth-order valence-corrected chi connectivity index (χ4v) is 2.56. The number of amides is 2.